The molecular formula is C49H40N2O6S. The Morgan fingerprint density at radius 3 is 1.93 bits per heavy atom. The molecule has 1 fully saturated rings. The number of ether oxygens (including phenoxy) is 2. The van der Waals surface area contributed by atoms with Gasteiger partial charge in [-0.2, -0.15) is 0 Å². The number of thioether (sulfide) groups is 1. The summed E-state index contributed by atoms with van der Waals surface area (Å²) in [6, 6.07) is 51.0. The minimum atomic E-state index is -0.650. The van der Waals surface area contributed by atoms with Crippen LogP contribution in [0.1, 0.15) is 62.3 Å². The number of imide groups is 1. The summed E-state index contributed by atoms with van der Waals surface area (Å²) in [7, 11) is 0. The molecule has 0 unspecified atom stereocenters. The van der Waals surface area contributed by atoms with Crippen LogP contribution in [0.5, 0.6) is 0 Å². The average molecular weight is 785 g/mol. The lowest BCUT2D eigenvalue weighted by molar-refractivity contribution is -0.268. The molecule has 4 atom stereocenters. The first kappa shape index (κ1) is 37.5. The number of hydrogen-bond acceptors (Lipinski definition) is 8. The molecule has 3 heterocycles. The Morgan fingerprint density at radius 2 is 1.26 bits per heavy atom. The minimum absolute atomic E-state index is 0.0231. The number of aliphatic hydroxyl groups excluding tert-OH is 1. The van der Waals surface area contributed by atoms with E-state index in [1.807, 2.05) is 133 Å². The smallest absolute Gasteiger partial charge is 0.261 e. The lowest BCUT2D eigenvalue weighted by Gasteiger charge is -2.41. The van der Waals surface area contributed by atoms with Gasteiger partial charge in [0, 0.05) is 28.4 Å². The lowest BCUT2D eigenvalue weighted by Crippen LogP contribution is -2.38. The number of aliphatic hydroxyl groups is 1. The van der Waals surface area contributed by atoms with Crippen molar-refractivity contribution in [2.24, 2.45) is 5.92 Å². The van der Waals surface area contributed by atoms with E-state index in [4.69, 9.17) is 18.9 Å². The van der Waals surface area contributed by atoms with Gasteiger partial charge in [-0.1, -0.05) is 158 Å². The number of nitrogens with zero attached hydrogens (tertiary/aromatic N) is 2. The number of fused-ring (bicyclic) bond motifs is 1. The van der Waals surface area contributed by atoms with Crippen LogP contribution < -0.4 is 0 Å². The van der Waals surface area contributed by atoms with Crippen LogP contribution >= 0.6 is 11.8 Å². The molecule has 2 aliphatic heterocycles. The van der Waals surface area contributed by atoms with Crippen LogP contribution in [0.15, 0.2) is 167 Å². The van der Waals surface area contributed by atoms with Crippen molar-refractivity contribution >= 4 is 23.6 Å². The van der Waals surface area contributed by atoms with Crippen LogP contribution in [0, 0.1) is 5.92 Å². The van der Waals surface area contributed by atoms with Crippen LogP contribution in [0.3, 0.4) is 0 Å². The molecule has 2 amide bonds. The Bertz CT molecular complexity index is 2470. The second kappa shape index (κ2) is 16.4. The monoisotopic (exact) mass is 784 g/mol. The van der Waals surface area contributed by atoms with Gasteiger partial charge in [-0.05, 0) is 46.0 Å². The molecule has 7 aromatic rings. The lowest BCUT2D eigenvalue weighted by atomic mass is 9.91. The summed E-state index contributed by atoms with van der Waals surface area (Å²) in [6.07, 6.45) is -1.15. The van der Waals surface area contributed by atoms with Crippen LogP contribution in [-0.4, -0.2) is 38.7 Å². The van der Waals surface area contributed by atoms with Gasteiger partial charge < -0.3 is 19.0 Å². The van der Waals surface area contributed by atoms with Gasteiger partial charge in [-0.3, -0.25) is 14.5 Å². The summed E-state index contributed by atoms with van der Waals surface area (Å²) in [6.45, 7) is 2.30. The van der Waals surface area contributed by atoms with Crippen molar-refractivity contribution in [1.82, 2.24) is 9.88 Å². The maximum Gasteiger partial charge on any atom is 0.261 e. The molecule has 0 saturated carbocycles. The number of aromatic nitrogens is 1. The van der Waals surface area contributed by atoms with Gasteiger partial charge in [-0.25, -0.2) is 4.98 Å². The van der Waals surface area contributed by atoms with Crippen LogP contribution in [0.25, 0.3) is 33.7 Å². The molecule has 9 heteroatoms. The topological polar surface area (TPSA) is 102 Å². The molecule has 9 rings (SSSR count). The summed E-state index contributed by atoms with van der Waals surface area (Å²) in [4.78, 5) is 32.4. The van der Waals surface area contributed by atoms with E-state index >= 15 is 0 Å². The van der Waals surface area contributed by atoms with Gasteiger partial charge in [0.15, 0.2) is 12.1 Å². The van der Waals surface area contributed by atoms with Crippen molar-refractivity contribution in [3.8, 4) is 33.7 Å². The third-order valence-corrected chi connectivity index (χ3v) is 11.8. The highest BCUT2D eigenvalue weighted by Crippen LogP contribution is 2.44. The Morgan fingerprint density at radius 1 is 0.638 bits per heavy atom. The van der Waals surface area contributed by atoms with E-state index in [1.165, 1.54) is 16.7 Å². The van der Waals surface area contributed by atoms with E-state index < -0.39 is 6.29 Å². The van der Waals surface area contributed by atoms with Gasteiger partial charge in [0.05, 0.1) is 36.5 Å². The molecule has 0 radical (unpaired) electrons. The fourth-order valence-corrected chi connectivity index (χ4v) is 8.64. The Kier molecular flexibility index (Phi) is 10.6. The first-order valence-corrected chi connectivity index (χ1v) is 20.3. The van der Waals surface area contributed by atoms with E-state index in [1.54, 1.807) is 24.3 Å². The highest BCUT2D eigenvalue weighted by atomic mass is 32.2. The van der Waals surface area contributed by atoms with Crippen LogP contribution in [0.4, 0.5) is 0 Å². The SMILES string of the molecule is C[C@H]1[C@@H](CSc2nc(-c3ccccc3)c(-c3ccccc3)o2)O[C@@H](c2ccc(-c3cccc(CN4C(=O)c5ccccc5C4=O)c3)cc2)O[C@H]1c1ccc(CO)cc1. The average Bonchev–Trinajstić information content (AvgIpc) is 3.82. The van der Waals surface area contributed by atoms with Gasteiger partial charge in [-0.15, -0.1) is 0 Å². The molecule has 288 valence electrons. The van der Waals surface area contributed by atoms with Crippen molar-refractivity contribution in [2.45, 2.75) is 43.8 Å². The number of carbonyl (C=O) groups is 2. The molecule has 1 saturated heterocycles. The van der Waals surface area contributed by atoms with E-state index in [9.17, 15) is 14.7 Å². The first-order chi connectivity index (χ1) is 28.4. The summed E-state index contributed by atoms with van der Waals surface area (Å²) in [5.41, 5.74) is 9.14. The fourth-order valence-electron chi connectivity index (χ4n) is 7.65. The molecular weight excluding hydrogens is 745 g/mol. The Labute approximate surface area is 341 Å². The van der Waals surface area contributed by atoms with E-state index in [2.05, 4.69) is 6.92 Å². The molecule has 6 aromatic carbocycles. The largest absolute Gasteiger partial charge is 0.431 e. The van der Waals surface area contributed by atoms with E-state index in [0.29, 0.717) is 22.1 Å². The van der Waals surface area contributed by atoms with Crippen molar-refractivity contribution < 1.29 is 28.6 Å². The molecule has 1 N–H and O–H groups in total. The maximum atomic E-state index is 13.0. The molecule has 2 aliphatic rings. The number of hydrogen-bond donors (Lipinski definition) is 1. The zero-order chi connectivity index (χ0) is 39.6. The highest BCUT2D eigenvalue weighted by Gasteiger charge is 2.39. The quantitative estimate of drug-likeness (QED) is 0.102. The zero-order valence-corrected chi connectivity index (χ0v) is 32.5. The molecule has 0 aliphatic carbocycles. The predicted molar refractivity (Wildman–Crippen MR) is 224 cm³/mol. The van der Waals surface area contributed by atoms with E-state index in [0.717, 1.165) is 56.0 Å². The Hall–Kier alpha value is -6.10. The highest BCUT2D eigenvalue weighted by molar-refractivity contribution is 7.99. The summed E-state index contributed by atoms with van der Waals surface area (Å²) >= 11 is 1.53. The number of rotatable bonds is 11. The zero-order valence-electron chi connectivity index (χ0n) is 31.7. The summed E-state index contributed by atoms with van der Waals surface area (Å²) in [5, 5.41) is 10.3. The van der Waals surface area contributed by atoms with Crippen molar-refractivity contribution in [3.05, 3.63) is 191 Å². The third-order valence-electron chi connectivity index (χ3n) is 10.8. The van der Waals surface area contributed by atoms with Crippen LogP contribution in [0.2, 0.25) is 0 Å². The van der Waals surface area contributed by atoms with Gasteiger partial charge in [0.2, 0.25) is 0 Å². The first-order valence-electron chi connectivity index (χ1n) is 19.3. The molecule has 58 heavy (non-hydrogen) atoms. The fraction of sp³-hybridized carbons (Fsp3) is 0.163. The standard InChI is InChI=1S/C49H40N2O6S/c1-31-42(30-58-49-50-43(35-12-4-2-5-13-35)45(57-49)36-14-6-3-7-15-36)55-48(56-44(31)37-21-19-32(29-52)20-22-37)38-25-23-34(24-26-38)39-16-10-11-33(27-39)28-51-46(53)40-17-8-9-18-41(40)47(51)54/h2-27,31,42,44,48,52H,28-30H2,1H3/t31-,42+,44+,48+/m0/s1. The van der Waals surface area contributed by atoms with Gasteiger partial charge in [0.25, 0.3) is 17.0 Å². The van der Waals surface area contributed by atoms with Gasteiger partial charge >= 0.3 is 0 Å². The molecule has 8 nitrogen and oxygen atoms in total. The summed E-state index contributed by atoms with van der Waals surface area (Å²) in [5.74, 6) is 0.735. The number of benzene rings is 6. The second-order valence-electron chi connectivity index (χ2n) is 14.6. The van der Waals surface area contributed by atoms with Crippen molar-refractivity contribution in [2.75, 3.05) is 5.75 Å². The third kappa shape index (κ3) is 7.53. The van der Waals surface area contributed by atoms with Gasteiger partial charge in [0.1, 0.15) is 5.69 Å². The number of oxazole rings is 1. The van der Waals surface area contributed by atoms with Crippen molar-refractivity contribution in [1.29, 1.82) is 0 Å². The number of carbonyl (C=O) groups excluding carboxylic acids is 2. The molecule has 1 aromatic heterocycles. The van der Waals surface area contributed by atoms with E-state index in [-0.39, 0.29) is 43.1 Å². The predicted octanol–water partition coefficient (Wildman–Crippen LogP) is 10.5. The van der Waals surface area contributed by atoms with Crippen molar-refractivity contribution in [3.63, 3.8) is 0 Å². The summed E-state index contributed by atoms with van der Waals surface area (Å²) < 4.78 is 20.0. The maximum absolute atomic E-state index is 13.0. The normalized spacial score (nSPS) is 19.0. The number of amides is 2. The molecule has 0 bridgehead atoms. The second-order valence-corrected chi connectivity index (χ2v) is 15.6. The van der Waals surface area contributed by atoms with Crippen LogP contribution in [-0.2, 0) is 22.6 Å². The minimum Gasteiger partial charge on any atom is -0.431 e. The Balaban J connectivity index is 0.955. The molecule has 0 spiro atoms.